The van der Waals surface area contributed by atoms with Gasteiger partial charge in [0.25, 0.3) is 5.91 Å². The number of nitrogens with one attached hydrogen (secondary N) is 1. The molecule has 3 rings (SSSR count). The van der Waals surface area contributed by atoms with Gasteiger partial charge in [-0.25, -0.2) is 0 Å². The molecule has 1 N–H and O–H groups in total. The van der Waals surface area contributed by atoms with Gasteiger partial charge in [0.05, 0.1) is 25.9 Å². The Kier molecular flexibility index (Phi) is 7.71. The Labute approximate surface area is 179 Å². The van der Waals surface area contributed by atoms with Crippen LogP contribution < -0.4 is 14.8 Å². The first-order chi connectivity index (χ1) is 14.5. The van der Waals surface area contributed by atoms with Crippen molar-refractivity contribution >= 4 is 5.91 Å². The number of nitrogens with zero attached hydrogens (tertiary/aromatic N) is 1. The number of methoxy groups -OCH3 is 1. The van der Waals surface area contributed by atoms with E-state index >= 15 is 0 Å². The minimum absolute atomic E-state index is 0.120. The molecule has 30 heavy (non-hydrogen) atoms. The zero-order valence-electron chi connectivity index (χ0n) is 18.3. The van der Waals surface area contributed by atoms with Crippen LogP contribution in [0.25, 0.3) is 11.1 Å². The second kappa shape index (κ2) is 10.5. The summed E-state index contributed by atoms with van der Waals surface area (Å²) in [6, 6.07) is 13.5. The lowest BCUT2D eigenvalue weighted by Gasteiger charge is -2.35. The molecule has 1 amide bonds. The van der Waals surface area contributed by atoms with E-state index in [1.54, 1.807) is 13.2 Å². The van der Waals surface area contributed by atoms with Gasteiger partial charge in [-0.05, 0) is 38.5 Å². The minimum atomic E-state index is -0.120. The van der Waals surface area contributed by atoms with E-state index in [1.807, 2.05) is 43.3 Å². The topological polar surface area (TPSA) is 60.0 Å². The van der Waals surface area contributed by atoms with Crippen LogP contribution in [-0.4, -0.2) is 62.9 Å². The number of carbonyl (C=O) groups excluding carboxylic acids is 1. The molecule has 2 aromatic carbocycles. The van der Waals surface area contributed by atoms with Crippen LogP contribution in [0.2, 0.25) is 0 Å². The van der Waals surface area contributed by atoms with Gasteiger partial charge in [-0.1, -0.05) is 30.3 Å². The molecule has 0 aliphatic carbocycles. The largest absolute Gasteiger partial charge is 0.492 e. The first kappa shape index (κ1) is 22.1. The van der Waals surface area contributed by atoms with E-state index in [4.69, 9.17) is 14.2 Å². The third-order valence-electron chi connectivity index (χ3n) is 5.11. The predicted molar refractivity (Wildman–Crippen MR) is 118 cm³/mol. The van der Waals surface area contributed by atoms with E-state index in [9.17, 15) is 4.79 Å². The van der Waals surface area contributed by atoms with Gasteiger partial charge in [0.15, 0.2) is 11.5 Å². The highest BCUT2D eigenvalue weighted by Crippen LogP contribution is 2.39. The molecule has 6 nitrogen and oxygen atoms in total. The molecule has 0 unspecified atom stereocenters. The summed E-state index contributed by atoms with van der Waals surface area (Å²) in [5.41, 5.74) is 2.37. The van der Waals surface area contributed by atoms with Gasteiger partial charge in [-0.3, -0.25) is 9.69 Å². The second-order valence-corrected chi connectivity index (χ2v) is 7.63. The van der Waals surface area contributed by atoms with Gasteiger partial charge >= 0.3 is 0 Å². The fraction of sp³-hybridized carbons (Fsp3) is 0.458. The number of morpholine rings is 1. The summed E-state index contributed by atoms with van der Waals surface area (Å²) in [4.78, 5) is 15.2. The smallest absolute Gasteiger partial charge is 0.251 e. The Morgan fingerprint density at radius 1 is 1.17 bits per heavy atom. The quantitative estimate of drug-likeness (QED) is 0.718. The minimum Gasteiger partial charge on any atom is -0.492 e. The van der Waals surface area contributed by atoms with Crippen LogP contribution in [0.5, 0.6) is 11.5 Å². The van der Waals surface area contributed by atoms with E-state index in [0.717, 1.165) is 30.8 Å². The first-order valence-corrected chi connectivity index (χ1v) is 10.6. The number of hydrogen-bond donors (Lipinski definition) is 1. The van der Waals surface area contributed by atoms with Crippen molar-refractivity contribution in [3.63, 3.8) is 0 Å². The van der Waals surface area contributed by atoms with Crippen LogP contribution in [0.3, 0.4) is 0 Å². The van der Waals surface area contributed by atoms with Crippen LogP contribution in [0.15, 0.2) is 42.5 Å². The Morgan fingerprint density at radius 2 is 1.87 bits per heavy atom. The van der Waals surface area contributed by atoms with Crippen LogP contribution >= 0.6 is 0 Å². The molecule has 2 aromatic rings. The average molecular weight is 413 g/mol. The molecule has 2 atom stereocenters. The van der Waals surface area contributed by atoms with Gasteiger partial charge < -0.3 is 19.5 Å². The second-order valence-electron chi connectivity index (χ2n) is 7.63. The molecule has 1 aliphatic heterocycles. The maximum Gasteiger partial charge on any atom is 0.251 e. The van der Waals surface area contributed by atoms with E-state index < -0.39 is 0 Å². The molecule has 1 heterocycles. The van der Waals surface area contributed by atoms with Crippen molar-refractivity contribution in [2.75, 3.05) is 39.9 Å². The maximum absolute atomic E-state index is 12.9. The summed E-state index contributed by atoms with van der Waals surface area (Å²) in [5, 5.41) is 3.04. The summed E-state index contributed by atoms with van der Waals surface area (Å²) in [5.74, 6) is 1.09. The van der Waals surface area contributed by atoms with E-state index in [1.165, 1.54) is 0 Å². The monoisotopic (exact) mass is 412 g/mol. The summed E-state index contributed by atoms with van der Waals surface area (Å²) in [6.45, 7) is 9.71. The van der Waals surface area contributed by atoms with Gasteiger partial charge in [-0.15, -0.1) is 0 Å². The molecule has 162 valence electrons. The summed E-state index contributed by atoms with van der Waals surface area (Å²) in [6.07, 6.45) is 0.432. The molecule has 0 spiro atoms. The third-order valence-corrected chi connectivity index (χ3v) is 5.11. The lowest BCUT2D eigenvalue weighted by atomic mass is 10.0. The Balaban J connectivity index is 1.75. The number of benzene rings is 2. The summed E-state index contributed by atoms with van der Waals surface area (Å²) < 4.78 is 17.2. The van der Waals surface area contributed by atoms with Crippen molar-refractivity contribution < 1.29 is 19.0 Å². The molecule has 1 saturated heterocycles. The molecule has 1 fully saturated rings. The fourth-order valence-corrected chi connectivity index (χ4v) is 3.94. The van der Waals surface area contributed by atoms with Gasteiger partial charge in [0, 0.05) is 37.3 Å². The lowest BCUT2D eigenvalue weighted by molar-refractivity contribution is -0.0672. The number of amides is 1. The van der Waals surface area contributed by atoms with Crippen molar-refractivity contribution in [2.45, 2.75) is 33.0 Å². The van der Waals surface area contributed by atoms with Crippen LogP contribution in [-0.2, 0) is 4.74 Å². The number of rotatable bonds is 8. The van der Waals surface area contributed by atoms with Crippen molar-refractivity contribution in [1.82, 2.24) is 10.2 Å². The first-order valence-electron chi connectivity index (χ1n) is 10.6. The average Bonchev–Trinajstić information content (AvgIpc) is 2.73. The van der Waals surface area contributed by atoms with Crippen molar-refractivity contribution in [3.8, 4) is 22.6 Å². The molecule has 0 bridgehead atoms. The molecule has 0 saturated carbocycles. The Hall–Kier alpha value is -2.57. The van der Waals surface area contributed by atoms with Crippen molar-refractivity contribution in [2.24, 2.45) is 0 Å². The zero-order valence-corrected chi connectivity index (χ0v) is 18.3. The zero-order chi connectivity index (χ0) is 21.5. The highest BCUT2D eigenvalue weighted by molar-refractivity contribution is 5.97. The number of carbonyl (C=O) groups is 1. The summed E-state index contributed by atoms with van der Waals surface area (Å²) >= 11 is 0. The van der Waals surface area contributed by atoms with E-state index in [0.29, 0.717) is 30.2 Å². The lowest BCUT2D eigenvalue weighted by Crippen LogP contribution is -2.47. The molecule has 0 radical (unpaired) electrons. The van der Waals surface area contributed by atoms with Crippen molar-refractivity contribution in [1.29, 1.82) is 0 Å². The van der Waals surface area contributed by atoms with E-state index in [-0.39, 0.29) is 18.1 Å². The molecular weight excluding hydrogens is 380 g/mol. The molecule has 6 heteroatoms. The fourth-order valence-electron chi connectivity index (χ4n) is 3.94. The van der Waals surface area contributed by atoms with Gasteiger partial charge in [0.1, 0.15) is 0 Å². The Bertz CT molecular complexity index is 831. The van der Waals surface area contributed by atoms with Crippen LogP contribution in [0, 0.1) is 0 Å². The number of ether oxygens (including phenoxy) is 3. The highest BCUT2D eigenvalue weighted by atomic mass is 16.5. The maximum atomic E-state index is 12.9. The normalized spacial score (nSPS) is 19.3. The standard InChI is InChI=1S/C24H32N2O4/c1-5-29-22-14-20(13-21(23(22)28-4)19-9-7-6-8-10-19)24(27)25-11-12-26-15-17(2)30-18(3)16-26/h6-10,13-14,17-18H,5,11-12,15-16H2,1-4H3,(H,25,27)/t17-,18-/m0/s1. The molecule has 0 aromatic heterocycles. The third kappa shape index (κ3) is 5.52. The van der Waals surface area contributed by atoms with Crippen LogP contribution in [0.1, 0.15) is 31.1 Å². The number of hydrogen-bond acceptors (Lipinski definition) is 5. The van der Waals surface area contributed by atoms with E-state index in [2.05, 4.69) is 24.1 Å². The van der Waals surface area contributed by atoms with Gasteiger partial charge in [-0.2, -0.15) is 0 Å². The summed E-state index contributed by atoms with van der Waals surface area (Å²) in [7, 11) is 1.62. The highest BCUT2D eigenvalue weighted by Gasteiger charge is 2.22. The van der Waals surface area contributed by atoms with Gasteiger partial charge in [0.2, 0.25) is 0 Å². The Morgan fingerprint density at radius 3 is 2.50 bits per heavy atom. The predicted octanol–water partition coefficient (Wildman–Crippen LogP) is 3.60. The molecule has 1 aliphatic rings. The van der Waals surface area contributed by atoms with Crippen LogP contribution in [0.4, 0.5) is 0 Å². The molecular formula is C24H32N2O4. The van der Waals surface area contributed by atoms with Crippen molar-refractivity contribution in [3.05, 3.63) is 48.0 Å². The SMILES string of the molecule is CCOc1cc(C(=O)NCCN2C[C@H](C)O[C@@H](C)C2)cc(-c2ccccc2)c1OC.